The van der Waals surface area contributed by atoms with Crippen LogP contribution < -0.4 is 5.69 Å². The number of H-pyrrole nitrogens is 1. The number of phenolic OH excluding ortho intramolecular Hbond substituents is 1. The van der Waals surface area contributed by atoms with Gasteiger partial charge >= 0.3 is 5.69 Å². The summed E-state index contributed by atoms with van der Waals surface area (Å²) >= 11 is 0. The van der Waals surface area contributed by atoms with Crippen LogP contribution in [0.4, 0.5) is 0 Å². The molecule has 0 saturated carbocycles. The number of phenols is 1. The van der Waals surface area contributed by atoms with Crippen molar-refractivity contribution >= 4 is 11.7 Å². The van der Waals surface area contributed by atoms with Crippen LogP contribution >= 0.6 is 0 Å². The van der Waals surface area contributed by atoms with Gasteiger partial charge in [-0.05, 0) is 60.5 Å². The maximum Gasteiger partial charge on any atom is 0.345 e. The minimum absolute atomic E-state index is 0.185. The van der Waals surface area contributed by atoms with Crippen molar-refractivity contribution in [1.82, 2.24) is 19.8 Å². The van der Waals surface area contributed by atoms with Crippen LogP contribution in [-0.4, -0.2) is 57.4 Å². The highest BCUT2D eigenvalue weighted by atomic mass is 16.3. The molecule has 0 atom stereocenters. The zero-order chi connectivity index (χ0) is 22.8. The maximum absolute atomic E-state index is 13.0. The van der Waals surface area contributed by atoms with Gasteiger partial charge in [0.25, 0.3) is 5.91 Å². The lowest BCUT2D eigenvalue weighted by Gasteiger charge is -2.22. The third kappa shape index (κ3) is 4.29. The Balaban J connectivity index is 1.67. The molecule has 0 bridgehead atoms. The van der Waals surface area contributed by atoms with E-state index in [1.807, 2.05) is 18.1 Å². The zero-order valence-corrected chi connectivity index (χ0v) is 18.0. The van der Waals surface area contributed by atoms with E-state index < -0.39 is 5.69 Å². The van der Waals surface area contributed by atoms with Gasteiger partial charge in [-0.25, -0.2) is 9.79 Å². The van der Waals surface area contributed by atoms with Crippen molar-refractivity contribution in [3.63, 3.8) is 0 Å². The van der Waals surface area contributed by atoms with Gasteiger partial charge in [0.15, 0.2) is 0 Å². The van der Waals surface area contributed by atoms with Crippen molar-refractivity contribution in [2.45, 2.75) is 6.92 Å². The van der Waals surface area contributed by atoms with E-state index >= 15 is 0 Å². The number of nitrogens with zero attached hydrogens (tertiary/aromatic N) is 4. The van der Waals surface area contributed by atoms with Crippen molar-refractivity contribution in [2.24, 2.45) is 4.99 Å². The van der Waals surface area contributed by atoms with Crippen LogP contribution in [0.3, 0.4) is 0 Å². The lowest BCUT2D eigenvalue weighted by Crippen LogP contribution is -2.34. The SMILES string of the molecule is Cc1cc(-c2cc(-c3cccc(C(=O)N(C)C4=NCN(C)C=C4)c3)nc(=O)[nH]2)ccc1O. The Bertz CT molecular complexity index is 1310. The number of aromatic hydroxyl groups is 1. The first-order chi connectivity index (χ1) is 15.3. The smallest absolute Gasteiger partial charge is 0.345 e. The van der Waals surface area contributed by atoms with E-state index in [9.17, 15) is 14.7 Å². The Morgan fingerprint density at radius 2 is 1.97 bits per heavy atom. The second-order valence-corrected chi connectivity index (χ2v) is 7.66. The molecule has 1 aromatic heterocycles. The molecule has 2 heterocycles. The average Bonchev–Trinajstić information content (AvgIpc) is 2.80. The van der Waals surface area contributed by atoms with E-state index in [-0.39, 0.29) is 11.7 Å². The molecular formula is C24H23N5O3. The first kappa shape index (κ1) is 21.0. The molecule has 4 rings (SSSR count). The van der Waals surface area contributed by atoms with Crippen LogP contribution in [0.2, 0.25) is 0 Å². The fraction of sp³-hybridized carbons (Fsp3) is 0.167. The number of amides is 1. The number of likely N-dealkylation sites (N-methyl/N-ethyl adjacent to an activating group) is 1. The number of carbonyl (C=O) groups excluding carboxylic acids is 1. The topological polar surface area (TPSA) is 102 Å². The molecule has 0 unspecified atom stereocenters. The molecule has 3 aromatic rings. The normalized spacial score (nSPS) is 13.1. The summed E-state index contributed by atoms with van der Waals surface area (Å²) in [4.78, 5) is 39.9. The maximum atomic E-state index is 13.0. The molecule has 162 valence electrons. The predicted octanol–water partition coefficient (Wildman–Crippen LogP) is 3.01. The lowest BCUT2D eigenvalue weighted by molar-refractivity contribution is 0.0871. The summed E-state index contributed by atoms with van der Waals surface area (Å²) in [5, 5.41) is 9.78. The zero-order valence-electron chi connectivity index (χ0n) is 18.0. The molecule has 8 heteroatoms. The van der Waals surface area contributed by atoms with Crippen molar-refractivity contribution in [2.75, 3.05) is 20.8 Å². The summed E-state index contributed by atoms with van der Waals surface area (Å²) in [7, 11) is 3.59. The number of nitrogens with one attached hydrogen (secondary N) is 1. The first-order valence-electron chi connectivity index (χ1n) is 10.0. The molecule has 2 N–H and O–H groups in total. The van der Waals surface area contributed by atoms with E-state index in [4.69, 9.17) is 0 Å². The number of amidine groups is 1. The number of hydrogen-bond acceptors (Lipinski definition) is 6. The molecule has 2 aromatic carbocycles. The number of carbonyl (C=O) groups is 1. The Morgan fingerprint density at radius 1 is 1.16 bits per heavy atom. The summed E-state index contributed by atoms with van der Waals surface area (Å²) in [6.45, 7) is 2.27. The van der Waals surface area contributed by atoms with Gasteiger partial charge in [-0.1, -0.05) is 12.1 Å². The number of rotatable bonds is 3. The number of hydrogen-bond donors (Lipinski definition) is 2. The molecule has 1 aliphatic rings. The fourth-order valence-corrected chi connectivity index (χ4v) is 3.39. The highest BCUT2D eigenvalue weighted by Crippen LogP contribution is 2.26. The van der Waals surface area contributed by atoms with E-state index in [0.29, 0.717) is 40.6 Å². The number of aliphatic imine (C=N–C) groups is 1. The van der Waals surface area contributed by atoms with Crippen LogP contribution in [0.15, 0.2) is 70.6 Å². The number of benzene rings is 2. The largest absolute Gasteiger partial charge is 0.508 e. The molecule has 8 nitrogen and oxygen atoms in total. The van der Waals surface area contributed by atoms with Crippen LogP contribution in [0.5, 0.6) is 5.75 Å². The highest BCUT2D eigenvalue weighted by molar-refractivity contribution is 6.10. The second-order valence-electron chi connectivity index (χ2n) is 7.66. The highest BCUT2D eigenvalue weighted by Gasteiger charge is 2.18. The van der Waals surface area contributed by atoms with Gasteiger partial charge in [0.05, 0.1) is 11.4 Å². The van der Waals surface area contributed by atoms with E-state index in [0.717, 1.165) is 5.56 Å². The van der Waals surface area contributed by atoms with Gasteiger partial charge in [-0.15, -0.1) is 0 Å². The van der Waals surface area contributed by atoms with Gasteiger partial charge in [-0.2, -0.15) is 4.98 Å². The molecule has 0 saturated heterocycles. The summed E-state index contributed by atoms with van der Waals surface area (Å²) in [5.74, 6) is 0.557. The van der Waals surface area contributed by atoms with Crippen molar-refractivity contribution < 1.29 is 9.90 Å². The Morgan fingerprint density at radius 3 is 2.69 bits per heavy atom. The van der Waals surface area contributed by atoms with E-state index in [1.165, 1.54) is 4.90 Å². The van der Waals surface area contributed by atoms with Crippen molar-refractivity contribution in [1.29, 1.82) is 0 Å². The van der Waals surface area contributed by atoms with Crippen molar-refractivity contribution in [3.05, 3.63) is 82.4 Å². The third-order valence-electron chi connectivity index (χ3n) is 5.24. The number of aromatic nitrogens is 2. The molecule has 0 spiro atoms. The molecule has 32 heavy (non-hydrogen) atoms. The Labute approximate surface area is 185 Å². The van der Waals surface area contributed by atoms with Crippen LogP contribution in [0.25, 0.3) is 22.5 Å². The predicted molar refractivity (Wildman–Crippen MR) is 123 cm³/mol. The van der Waals surface area contributed by atoms with Gasteiger partial charge in [0.1, 0.15) is 18.3 Å². The average molecular weight is 429 g/mol. The molecule has 0 radical (unpaired) electrons. The molecular weight excluding hydrogens is 406 g/mol. The Kier molecular flexibility index (Phi) is 5.59. The van der Waals surface area contributed by atoms with Crippen molar-refractivity contribution in [3.8, 4) is 28.3 Å². The fourth-order valence-electron chi connectivity index (χ4n) is 3.39. The van der Waals surface area contributed by atoms with E-state index in [1.54, 1.807) is 68.6 Å². The summed E-state index contributed by atoms with van der Waals surface area (Å²) in [6.07, 6.45) is 3.66. The molecule has 1 amide bonds. The summed E-state index contributed by atoms with van der Waals surface area (Å²) in [6, 6.07) is 13.8. The van der Waals surface area contributed by atoms with Gasteiger partial charge in [0, 0.05) is 31.4 Å². The van der Waals surface area contributed by atoms with Crippen LogP contribution in [0.1, 0.15) is 15.9 Å². The first-order valence-corrected chi connectivity index (χ1v) is 10.0. The van der Waals surface area contributed by atoms with E-state index in [2.05, 4.69) is 15.0 Å². The van der Waals surface area contributed by atoms with Gasteiger partial charge in [-0.3, -0.25) is 9.69 Å². The number of aryl methyl sites for hydroxylation is 1. The van der Waals surface area contributed by atoms with Gasteiger partial charge < -0.3 is 15.0 Å². The molecule has 0 aliphatic carbocycles. The Hall–Kier alpha value is -4.20. The van der Waals surface area contributed by atoms with Crippen LogP contribution in [0, 0.1) is 6.92 Å². The number of aromatic amines is 1. The van der Waals surface area contributed by atoms with Gasteiger partial charge in [0.2, 0.25) is 0 Å². The standard InChI is InChI=1S/C24H23N5O3/c1-15-11-17(7-8-21(15)30)20-13-19(26-24(32)27-20)16-5-4-6-18(12-16)23(31)29(3)22-9-10-28(2)14-25-22/h4-13,30H,14H2,1-3H3,(H,26,27,32). The van der Waals surface area contributed by atoms with Crippen LogP contribution in [-0.2, 0) is 0 Å². The lowest BCUT2D eigenvalue weighted by atomic mass is 10.0. The minimum Gasteiger partial charge on any atom is -0.508 e. The third-order valence-corrected chi connectivity index (χ3v) is 5.24. The molecule has 0 fully saturated rings. The quantitative estimate of drug-likeness (QED) is 0.666. The monoisotopic (exact) mass is 429 g/mol. The second kappa shape index (κ2) is 8.50. The summed E-state index contributed by atoms with van der Waals surface area (Å²) in [5.41, 5.74) is 3.08. The molecule has 1 aliphatic heterocycles. The minimum atomic E-state index is -0.497. The summed E-state index contributed by atoms with van der Waals surface area (Å²) < 4.78 is 0.